The van der Waals surface area contributed by atoms with Crippen molar-refractivity contribution in [1.82, 2.24) is 10.2 Å². The van der Waals surface area contributed by atoms with Crippen LogP contribution in [0.4, 0.5) is 4.79 Å². The van der Waals surface area contributed by atoms with Crippen LogP contribution < -0.4 is 5.32 Å². The van der Waals surface area contributed by atoms with E-state index < -0.39 is 9.84 Å². The van der Waals surface area contributed by atoms with E-state index in [1.54, 1.807) is 0 Å². The zero-order valence-electron chi connectivity index (χ0n) is 13.3. The summed E-state index contributed by atoms with van der Waals surface area (Å²) in [6.07, 6.45) is 10.0. The highest BCUT2D eigenvalue weighted by molar-refractivity contribution is 7.91. The van der Waals surface area contributed by atoms with Gasteiger partial charge in [0.25, 0.3) is 0 Å². The molecule has 0 unspecified atom stereocenters. The highest BCUT2D eigenvalue weighted by atomic mass is 32.2. The van der Waals surface area contributed by atoms with Crippen molar-refractivity contribution in [2.75, 3.05) is 18.1 Å². The van der Waals surface area contributed by atoms with E-state index in [2.05, 4.69) is 5.32 Å². The van der Waals surface area contributed by atoms with Crippen LogP contribution in [0.2, 0.25) is 0 Å². The molecule has 3 aliphatic rings. The lowest BCUT2D eigenvalue weighted by Gasteiger charge is -2.35. The zero-order chi connectivity index (χ0) is 15.6. The number of amides is 2. The third-order valence-corrected chi connectivity index (χ3v) is 7.37. The maximum Gasteiger partial charge on any atom is 0.317 e. The number of sulfone groups is 1. The molecule has 2 amide bonds. The van der Waals surface area contributed by atoms with E-state index in [0.717, 1.165) is 25.8 Å². The molecule has 0 aromatic carbocycles. The summed E-state index contributed by atoms with van der Waals surface area (Å²) in [6.45, 7) is 0.826. The van der Waals surface area contributed by atoms with E-state index in [-0.39, 0.29) is 23.6 Å². The Hall–Kier alpha value is -0.780. The van der Waals surface area contributed by atoms with Gasteiger partial charge < -0.3 is 10.2 Å². The summed E-state index contributed by atoms with van der Waals surface area (Å²) in [5.74, 6) is 1.03. The molecule has 0 bridgehead atoms. The SMILES string of the molecule is O=C(N[C@@H]1CCCS(=O)(=O)C1)N1CCC[C@@H]1C1CCCCC1. The van der Waals surface area contributed by atoms with Gasteiger partial charge in [-0.1, -0.05) is 19.3 Å². The van der Waals surface area contributed by atoms with Gasteiger partial charge in [-0.2, -0.15) is 0 Å². The quantitative estimate of drug-likeness (QED) is 0.846. The molecule has 6 heteroatoms. The summed E-state index contributed by atoms with van der Waals surface area (Å²) >= 11 is 0. The Morgan fingerprint density at radius 1 is 0.955 bits per heavy atom. The van der Waals surface area contributed by atoms with Crippen molar-refractivity contribution in [3.8, 4) is 0 Å². The summed E-state index contributed by atoms with van der Waals surface area (Å²) in [5, 5.41) is 2.99. The second-order valence-corrected chi connectivity index (χ2v) is 9.43. The molecule has 1 aliphatic carbocycles. The smallest absolute Gasteiger partial charge is 0.317 e. The largest absolute Gasteiger partial charge is 0.334 e. The lowest BCUT2D eigenvalue weighted by Crippen LogP contribution is -2.51. The monoisotopic (exact) mass is 328 g/mol. The first-order valence-corrected chi connectivity index (χ1v) is 10.6. The lowest BCUT2D eigenvalue weighted by atomic mass is 9.83. The fourth-order valence-corrected chi connectivity index (χ4v) is 6.08. The standard InChI is InChI=1S/C16H28N2O3S/c19-16(17-14-8-5-11-22(20,21)12-14)18-10-4-9-15(18)13-6-2-1-3-7-13/h13-15H,1-12H2,(H,17,19)/t14-,15-/m1/s1. The minimum absolute atomic E-state index is 0.0322. The molecular formula is C16H28N2O3S. The number of rotatable bonds is 2. The Balaban J connectivity index is 1.58. The van der Waals surface area contributed by atoms with Gasteiger partial charge in [0.05, 0.1) is 11.5 Å². The Labute approximate surface area is 133 Å². The van der Waals surface area contributed by atoms with Crippen LogP contribution in [0.5, 0.6) is 0 Å². The van der Waals surface area contributed by atoms with Crippen LogP contribution in [0.25, 0.3) is 0 Å². The summed E-state index contributed by atoms with van der Waals surface area (Å²) in [5.41, 5.74) is 0. The average Bonchev–Trinajstić information content (AvgIpc) is 2.96. The van der Waals surface area contributed by atoms with Crippen molar-refractivity contribution < 1.29 is 13.2 Å². The summed E-state index contributed by atoms with van der Waals surface area (Å²) in [4.78, 5) is 14.6. The maximum atomic E-state index is 12.6. The van der Waals surface area contributed by atoms with E-state index in [9.17, 15) is 13.2 Å². The highest BCUT2D eigenvalue weighted by Gasteiger charge is 2.36. The molecule has 0 aromatic rings. The fourth-order valence-electron chi connectivity index (χ4n) is 4.45. The van der Waals surface area contributed by atoms with Crippen LogP contribution in [-0.2, 0) is 9.84 Å². The number of urea groups is 1. The third kappa shape index (κ3) is 3.76. The summed E-state index contributed by atoms with van der Waals surface area (Å²) < 4.78 is 23.4. The van der Waals surface area contributed by atoms with Gasteiger partial charge in [-0.3, -0.25) is 0 Å². The van der Waals surface area contributed by atoms with Crippen LogP contribution in [-0.4, -0.2) is 49.5 Å². The fraction of sp³-hybridized carbons (Fsp3) is 0.938. The van der Waals surface area contributed by atoms with Crippen molar-refractivity contribution in [3.05, 3.63) is 0 Å². The molecule has 126 valence electrons. The van der Waals surface area contributed by atoms with Gasteiger partial charge in [0.15, 0.2) is 9.84 Å². The van der Waals surface area contributed by atoms with E-state index in [1.165, 1.54) is 32.1 Å². The Bertz CT molecular complexity index is 500. The summed E-state index contributed by atoms with van der Waals surface area (Å²) in [6, 6.07) is 0.148. The predicted molar refractivity (Wildman–Crippen MR) is 86.5 cm³/mol. The number of carbonyl (C=O) groups excluding carboxylic acids is 1. The van der Waals surface area contributed by atoms with Crippen LogP contribution >= 0.6 is 0 Å². The van der Waals surface area contributed by atoms with Gasteiger partial charge in [0, 0.05) is 18.6 Å². The molecule has 1 N–H and O–H groups in total. The molecule has 0 radical (unpaired) electrons. The van der Waals surface area contributed by atoms with Crippen molar-refractivity contribution in [2.45, 2.75) is 69.9 Å². The molecule has 2 atom stereocenters. The van der Waals surface area contributed by atoms with Crippen LogP contribution in [0, 0.1) is 5.92 Å². The van der Waals surface area contributed by atoms with E-state index >= 15 is 0 Å². The Kier molecular flexibility index (Phi) is 4.95. The molecule has 2 saturated heterocycles. The summed E-state index contributed by atoms with van der Waals surface area (Å²) in [7, 11) is -2.97. The van der Waals surface area contributed by atoms with Gasteiger partial charge in [-0.05, 0) is 44.4 Å². The average molecular weight is 328 g/mol. The first kappa shape index (κ1) is 16.1. The normalized spacial score (nSPS) is 32.8. The molecule has 2 heterocycles. The molecule has 2 aliphatic heterocycles. The topological polar surface area (TPSA) is 66.5 Å². The van der Waals surface area contributed by atoms with E-state index in [0.29, 0.717) is 18.4 Å². The van der Waals surface area contributed by atoms with E-state index in [4.69, 9.17) is 0 Å². The first-order chi connectivity index (χ1) is 10.6. The second-order valence-electron chi connectivity index (χ2n) is 7.20. The molecule has 1 saturated carbocycles. The van der Waals surface area contributed by atoms with Crippen molar-refractivity contribution in [2.24, 2.45) is 5.92 Å². The maximum absolute atomic E-state index is 12.6. The van der Waals surface area contributed by atoms with Gasteiger partial charge in [0.2, 0.25) is 0 Å². The highest BCUT2D eigenvalue weighted by Crippen LogP contribution is 2.34. The molecule has 0 spiro atoms. The van der Waals surface area contributed by atoms with Crippen LogP contribution in [0.15, 0.2) is 0 Å². The van der Waals surface area contributed by atoms with Gasteiger partial charge in [-0.25, -0.2) is 13.2 Å². The zero-order valence-corrected chi connectivity index (χ0v) is 14.1. The van der Waals surface area contributed by atoms with Crippen molar-refractivity contribution >= 4 is 15.9 Å². The number of likely N-dealkylation sites (tertiary alicyclic amines) is 1. The number of hydrogen-bond donors (Lipinski definition) is 1. The van der Waals surface area contributed by atoms with Gasteiger partial charge in [0.1, 0.15) is 0 Å². The molecule has 22 heavy (non-hydrogen) atoms. The number of nitrogens with one attached hydrogen (secondary N) is 1. The Morgan fingerprint density at radius 3 is 2.45 bits per heavy atom. The number of carbonyl (C=O) groups is 1. The molecule has 5 nitrogen and oxygen atoms in total. The molecular weight excluding hydrogens is 300 g/mol. The Morgan fingerprint density at radius 2 is 1.73 bits per heavy atom. The van der Waals surface area contributed by atoms with Crippen LogP contribution in [0.3, 0.4) is 0 Å². The first-order valence-electron chi connectivity index (χ1n) is 8.83. The van der Waals surface area contributed by atoms with Gasteiger partial charge in [-0.15, -0.1) is 0 Å². The third-order valence-electron chi connectivity index (χ3n) is 5.54. The molecule has 3 fully saturated rings. The second kappa shape index (κ2) is 6.77. The minimum atomic E-state index is -2.97. The number of nitrogens with zero attached hydrogens (tertiary/aromatic N) is 1. The van der Waals surface area contributed by atoms with E-state index in [1.807, 2.05) is 4.90 Å². The van der Waals surface area contributed by atoms with Crippen molar-refractivity contribution in [3.63, 3.8) is 0 Å². The van der Waals surface area contributed by atoms with Crippen molar-refractivity contribution in [1.29, 1.82) is 0 Å². The predicted octanol–water partition coefficient (Wildman–Crippen LogP) is 2.32. The van der Waals surface area contributed by atoms with Crippen LogP contribution in [0.1, 0.15) is 57.8 Å². The molecule has 3 rings (SSSR count). The lowest BCUT2D eigenvalue weighted by molar-refractivity contribution is 0.153. The van der Waals surface area contributed by atoms with Gasteiger partial charge >= 0.3 is 6.03 Å². The number of hydrogen-bond acceptors (Lipinski definition) is 3. The minimum Gasteiger partial charge on any atom is -0.334 e. The molecule has 0 aromatic heterocycles.